The topological polar surface area (TPSA) is 128 Å². The molecule has 9 nitrogen and oxygen atoms in total. The van der Waals surface area contributed by atoms with Crippen LogP contribution >= 0.6 is 11.3 Å². The quantitative estimate of drug-likeness (QED) is 0.302. The van der Waals surface area contributed by atoms with Gasteiger partial charge in [-0.1, -0.05) is 6.07 Å². The molecule has 33 heavy (non-hydrogen) atoms. The van der Waals surface area contributed by atoms with E-state index in [0.717, 1.165) is 22.5 Å². The van der Waals surface area contributed by atoms with Crippen LogP contribution in [0.25, 0.3) is 0 Å². The maximum atomic E-state index is 13.0. The molecule has 0 fully saturated rings. The molecule has 0 aliphatic carbocycles. The average molecular weight is 468 g/mol. The first-order valence-electron chi connectivity index (χ1n) is 9.78. The Morgan fingerprint density at radius 1 is 0.939 bits per heavy atom. The number of anilines is 2. The number of nitrogens with one attached hydrogen (secondary N) is 2. The van der Waals surface area contributed by atoms with Crippen LogP contribution < -0.4 is 10.6 Å². The number of methoxy groups -OCH3 is 1. The lowest BCUT2D eigenvalue weighted by atomic mass is 10.1. The van der Waals surface area contributed by atoms with Gasteiger partial charge >= 0.3 is 5.97 Å². The van der Waals surface area contributed by atoms with Gasteiger partial charge in [-0.15, -0.1) is 11.3 Å². The van der Waals surface area contributed by atoms with Crippen molar-refractivity contribution in [1.82, 2.24) is 0 Å². The second-order valence-electron chi connectivity index (χ2n) is 7.34. The van der Waals surface area contributed by atoms with Crippen molar-refractivity contribution in [3.05, 3.63) is 85.3 Å². The Kier molecular flexibility index (Phi) is 6.88. The number of carbonyl (C=O) groups excluding carboxylic acids is 3. The lowest BCUT2D eigenvalue weighted by Gasteiger charge is -2.07. The minimum absolute atomic E-state index is 0.0725. The third-order valence-electron chi connectivity index (χ3n) is 4.79. The van der Waals surface area contributed by atoms with Crippen LogP contribution in [-0.4, -0.2) is 29.8 Å². The normalized spacial score (nSPS) is 10.4. The van der Waals surface area contributed by atoms with Crippen molar-refractivity contribution < 1.29 is 24.0 Å². The number of benzene rings is 2. The number of carbonyl (C=O) groups is 3. The molecular formula is C23H21N3O6S. The number of esters is 1. The first-order chi connectivity index (χ1) is 15.6. The Bertz CT molecular complexity index is 1240. The van der Waals surface area contributed by atoms with E-state index in [9.17, 15) is 24.5 Å². The molecule has 2 aromatic carbocycles. The summed E-state index contributed by atoms with van der Waals surface area (Å²) >= 11 is 0.944. The summed E-state index contributed by atoms with van der Waals surface area (Å²) in [6.07, 6.45) is 0. The number of nitrogens with zero attached hydrogens (tertiary/aromatic N) is 1. The lowest BCUT2D eigenvalue weighted by Crippen LogP contribution is -2.14. The number of amides is 2. The van der Waals surface area contributed by atoms with E-state index in [2.05, 4.69) is 10.6 Å². The van der Waals surface area contributed by atoms with Gasteiger partial charge in [0.15, 0.2) is 0 Å². The molecule has 0 atom stereocenters. The van der Waals surface area contributed by atoms with E-state index in [0.29, 0.717) is 11.3 Å². The van der Waals surface area contributed by atoms with Crippen molar-refractivity contribution in [3.63, 3.8) is 0 Å². The molecule has 0 aliphatic heterocycles. The number of nitro groups is 1. The van der Waals surface area contributed by atoms with Gasteiger partial charge in [0, 0.05) is 23.4 Å². The van der Waals surface area contributed by atoms with Crippen LogP contribution in [0.15, 0.2) is 42.5 Å². The summed E-state index contributed by atoms with van der Waals surface area (Å²) in [6, 6.07) is 10.7. The molecule has 1 aromatic heterocycles. The zero-order valence-corrected chi connectivity index (χ0v) is 19.2. The summed E-state index contributed by atoms with van der Waals surface area (Å²) in [7, 11) is 1.20. The van der Waals surface area contributed by atoms with Gasteiger partial charge in [-0.05, 0) is 61.7 Å². The van der Waals surface area contributed by atoms with E-state index in [1.54, 1.807) is 6.92 Å². The van der Waals surface area contributed by atoms with E-state index < -0.39 is 22.7 Å². The summed E-state index contributed by atoms with van der Waals surface area (Å²) in [5, 5.41) is 16.4. The molecule has 10 heteroatoms. The minimum Gasteiger partial charge on any atom is -0.465 e. The summed E-state index contributed by atoms with van der Waals surface area (Å²) in [5.41, 5.74) is 3.03. The van der Waals surface area contributed by atoms with Crippen LogP contribution in [0.4, 0.5) is 16.4 Å². The van der Waals surface area contributed by atoms with Crippen molar-refractivity contribution in [3.8, 4) is 0 Å². The molecular weight excluding hydrogens is 446 g/mol. The van der Waals surface area contributed by atoms with Gasteiger partial charge in [-0.25, -0.2) is 4.79 Å². The molecule has 0 aliphatic rings. The Balaban J connectivity index is 1.92. The van der Waals surface area contributed by atoms with Gasteiger partial charge in [-0.3, -0.25) is 19.7 Å². The summed E-state index contributed by atoms with van der Waals surface area (Å²) in [5.74, 6) is -1.71. The highest BCUT2D eigenvalue weighted by atomic mass is 32.1. The van der Waals surface area contributed by atoms with E-state index in [4.69, 9.17) is 4.74 Å². The van der Waals surface area contributed by atoms with Crippen molar-refractivity contribution in [2.45, 2.75) is 20.8 Å². The largest absolute Gasteiger partial charge is 0.465 e. The summed E-state index contributed by atoms with van der Waals surface area (Å²) in [6.45, 7) is 5.43. The molecule has 0 saturated heterocycles. The highest BCUT2D eigenvalue weighted by Gasteiger charge is 2.27. The standard InChI is InChI=1S/C23H21N3O6S/c1-12-9-13(2)11-16(10-12)24-21(28)19-14(3)18(23(29)32-4)22(33-19)25-20(27)15-5-7-17(8-6-15)26(30)31/h5-11H,1-4H3,(H,24,28)(H,25,27). The predicted molar refractivity (Wildman–Crippen MR) is 125 cm³/mol. The highest BCUT2D eigenvalue weighted by molar-refractivity contribution is 7.19. The number of rotatable bonds is 6. The van der Waals surface area contributed by atoms with Crippen LogP contribution in [0.5, 0.6) is 0 Å². The van der Waals surface area contributed by atoms with Gasteiger partial charge in [-0.2, -0.15) is 0 Å². The number of hydrogen-bond donors (Lipinski definition) is 2. The third kappa shape index (κ3) is 5.24. The Labute approximate surface area is 193 Å². The summed E-state index contributed by atoms with van der Waals surface area (Å²) in [4.78, 5) is 48.5. The van der Waals surface area contributed by atoms with E-state index >= 15 is 0 Å². The second-order valence-corrected chi connectivity index (χ2v) is 8.36. The van der Waals surface area contributed by atoms with Crippen molar-refractivity contribution >= 4 is 45.5 Å². The lowest BCUT2D eigenvalue weighted by molar-refractivity contribution is -0.384. The van der Waals surface area contributed by atoms with Crippen LogP contribution in [0.2, 0.25) is 0 Å². The van der Waals surface area contributed by atoms with Gasteiger partial charge in [0.25, 0.3) is 17.5 Å². The maximum absolute atomic E-state index is 13.0. The van der Waals surface area contributed by atoms with Gasteiger partial charge in [0.05, 0.1) is 22.5 Å². The first-order valence-corrected chi connectivity index (χ1v) is 10.6. The number of ether oxygens (including phenoxy) is 1. The van der Waals surface area contributed by atoms with Crippen molar-refractivity contribution in [2.75, 3.05) is 17.7 Å². The monoisotopic (exact) mass is 467 g/mol. The number of hydrogen-bond acceptors (Lipinski definition) is 7. The van der Waals surface area contributed by atoms with E-state index in [1.807, 2.05) is 32.0 Å². The Morgan fingerprint density at radius 3 is 2.09 bits per heavy atom. The zero-order chi connectivity index (χ0) is 24.3. The van der Waals surface area contributed by atoms with Crippen molar-refractivity contribution in [2.24, 2.45) is 0 Å². The minimum atomic E-state index is -0.701. The predicted octanol–water partition coefficient (Wildman–Crippen LogP) is 4.87. The number of thiophene rings is 1. The average Bonchev–Trinajstić information content (AvgIpc) is 3.08. The molecule has 2 amide bonds. The number of non-ortho nitro benzene ring substituents is 1. The Hall–Kier alpha value is -4.05. The van der Waals surface area contributed by atoms with Crippen LogP contribution in [-0.2, 0) is 4.74 Å². The van der Waals surface area contributed by atoms with Crippen LogP contribution in [0, 0.1) is 30.9 Å². The van der Waals surface area contributed by atoms with Gasteiger partial charge in [0.1, 0.15) is 5.00 Å². The SMILES string of the molecule is COC(=O)c1c(NC(=O)c2ccc([N+](=O)[O-])cc2)sc(C(=O)Nc2cc(C)cc(C)c2)c1C. The molecule has 0 spiro atoms. The van der Waals surface area contributed by atoms with E-state index in [1.165, 1.54) is 31.4 Å². The van der Waals surface area contributed by atoms with Crippen LogP contribution in [0.1, 0.15) is 47.1 Å². The molecule has 0 saturated carbocycles. The molecule has 3 rings (SSSR count). The second kappa shape index (κ2) is 9.61. The third-order valence-corrected chi connectivity index (χ3v) is 6.00. The first kappa shape index (κ1) is 23.6. The fourth-order valence-corrected chi connectivity index (χ4v) is 4.40. The number of nitro benzene ring substituents is 1. The van der Waals surface area contributed by atoms with Crippen LogP contribution in [0.3, 0.4) is 0 Å². The maximum Gasteiger partial charge on any atom is 0.341 e. The molecule has 170 valence electrons. The molecule has 1 heterocycles. The zero-order valence-electron chi connectivity index (χ0n) is 18.3. The molecule has 0 unspecified atom stereocenters. The molecule has 0 radical (unpaired) electrons. The highest BCUT2D eigenvalue weighted by Crippen LogP contribution is 2.34. The molecule has 3 aromatic rings. The summed E-state index contributed by atoms with van der Waals surface area (Å²) < 4.78 is 4.84. The molecule has 0 bridgehead atoms. The van der Waals surface area contributed by atoms with E-state index in [-0.39, 0.29) is 26.7 Å². The van der Waals surface area contributed by atoms with Gasteiger partial charge < -0.3 is 15.4 Å². The number of aryl methyl sites for hydroxylation is 2. The molecule has 2 N–H and O–H groups in total. The Morgan fingerprint density at radius 2 is 1.55 bits per heavy atom. The fourth-order valence-electron chi connectivity index (χ4n) is 3.31. The smallest absolute Gasteiger partial charge is 0.341 e. The fraction of sp³-hybridized carbons (Fsp3) is 0.174. The van der Waals surface area contributed by atoms with Crippen molar-refractivity contribution in [1.29, 1.82) is 0 Å². The van der Waals surface area contributed by atoms with Gasteiger partial charge in [0.2, 0.25) is 0 Å².